The summed E-state index contributed by atoms with van der Waals surface area (Å²) in [5.74, 6) is 0. The van der Waals surface area contributed by atoms with Crippen molar-refractivity contribution in [1.29, 1.82) is 0 Å². The van der Waals surface area contributed by atoms with Gasteiger partial charge in [0.15, 0.2) is 0 Å². The number of hydrogen-bond acceptors (Lipinski definition) is 3. The second kappa shape index (κ2) is 6.99. The van der Waals surface area contributed by atoms with Gasteiger partial charge in [0.05, 0.1) is 4.92 Å². The van der Waals surface area contributed by atoms with E-state index in [0.717, 1.165) is 18.4 Å². The molecule has 0 aliphatic heterocycles. The molecule has 110 valence electrons. The zero-order valence-corrected chi connectivity index (χ0v) is 12.2. The van der Waals surface area contributed by atoms with Crippen molar-refractivity contribution in [3.8, 4) is 0 Å². The zero-order valence-electron chi connectivity index (χ0n) is 12.2. The Morgan fingerprint density at radius 3 is 2.38 bits per heavy atom. The van der Waals surface area contributed by atoms with Crippen molar-refractivity contribution in [1.82, 2.24) is 0 Å². The average molecular weight is 284 g/mol. The molecule has 0 amide bonds. The van der Waals surface area contributed by atoms with Gasteiger partial charge >= 0.3 is 0 Å². The lowest BCUT2D eigenvalue weighted by atomic mass is 9.97. The van der Waals surface area contributed by atoms with E-state index in [9.17, 15) is 10.1 Å². The van der Waals surface area contributed by atoms with Crippen LogP contribution >= 0.6 is 0 Å². The molecule has 0 aliphatic carbocycles. The third-order valence-electron chi connectivity index (χ3n) is 3.72. The SMILES string of the molecule is Cc1ccccc1CC(N)CCc1ccccc1[N+](=O)[O-]. The highest BCUT2D eigenvalue weighted by Gasteiger charge is 2.14. The van der Waals surface area contributed by atoms with E-state index in [1.54, 1.807) is 18.2 Å². The van der Waals surface area contributed by atoms with Crippen LogP contribution in [-0.4, -0.2) is 11.0 Å². The Morgan fingerprint density at radius 2 is 1.71 bits per heavy atom. The highest BCUT2D eigenvalue weighted by atomic mass is 16.6. The fourth-order valence-corrected chi connectivity index (χ4v) is 2.46. The minimum Gasteiger partial charge on any atom is -0.327 e. The Kier molecular flexibility index (Phi) is 5.06. The second-order valence-electron chi connectivity index (χ2n) is 5.32. The first-order chi connectivity index (χ1) is 10.1. The maximum Gasteiger partial charge on any atom is 0.272 e. The van der Waals surface area contributed by atoms with Crippen LogP contribution in [0.4, 0.5) is 5.69 Å². The monoisotopic (exact) mass is 284 g/mol. The van der Waals surface area contributed by atoms with Crippen LogP contribution in [-0.2, 0) is 12.8 Å². The number of aryl methyl sites for hydroxylation is 2. The number of para-hydroxylation sites is 1. The molecular formula is C17H20N2O2. The number of nitrogens with two attached hydrogens (primary N) is 1. The summed E-state index contributed by atoms with van der Waals surface area (Å²) in [5.41, 5.74) is 9.59. The quantitative estimate of drug-likeness (QED) is 0.653. The van der Waals surface area contributed by atoms with Crippen LogP contribution in [0.15, 0.2) is 48.5 Å². The van der Waals surface area contributed by atoms with E-state index >= 15 is 0 Å². The molecule has 1 unspecified atom stereocenters. The van der Waals surface area contributed by atoms with E-state index in [1.807, 2.05) is 18.2 Å². The molecule has 4 nitrogen and oxygen atoms in total. The fourth-order valence-electron chi connectivity index (χ4n) is 2.46. The zero-order chi connectivity index (χ0) is 15.2. The van der Waals surface area contributed by atoms with Gasteiger partial charge < -0.3 is 5.73 Å². The average Bonchev–Trinajstić information content (AvgIpc) is 2.48. The number of benzene rings is 2. The van der Waals surface area contributed by atoms with E-state index in [-0.39, 0.29) is 16.7 Å². The van der Waals surface area contributed by atoms with E-state index in [0.29, 0.717) is 6.42 Å². The van der Waals surface area contributed by atoms with E-state index < -0.39 is 0 Å². The first kappa shape index (κ1) is 15.2. The van der Waals surface area contributed by atoms with E-state index in [1.165, 1.54) is 11.1 Å². The molecule has 0 aliphatic rings. The van der Waals surface area contributed by atoms with Gasteiger partial charge in [-0.2, -0.15) is 0 Å². The predicted octanol–water partition coefficient (Wildman–Crippen LogP) is 3.41. The standard InChI is InChI=1S/C17H20N2O2/c1-13-6-2-3-8-15(13)12-16(18)11-10-14-7-4-5-9-17(14)19(20)21/h2-9,16H,10-12,18H2,1H3. The molecule has 1 atom stereocenters. The maximum absolute atomic E-state index is 11.0. The van der Waals surface area contributed by atoms with Crippen molar-refractivity contribution in [2.45, 2.75) is 32.2 Å². The lowest BCUT2D eigenvalue weighted by Gasteiger charge is -2.13. The van der Waals surface area contributed by atoms with Gasteiger partial charge in [-0.05, 0) is 37.3 Å². The van der Waals surface area contributed by atoms with Gasteiger partial charge in [-0.25, -0.2) is 0 Å². The predicted molar refractivity (Wildman–Crippen MR) is 84.3 cm³/mol. The van der Waals surface area contributed by atoms with Crippen LogP contribution in [0.5, 0.6) is 0 Å². The van der Waals surface area contributed by atoms with Crippen molar-refractivity contribution >= 4 is 5.69 Å². The van der Waals surface area contributed by atoms with Crippen molar-refractivity contribution in [2.24, 2.45) is 5.73 Å². The van der Waals surface area contributed by atoms with Crippen LogP contribution in [0.2, 0.25) is 0 Å². The van der Waals surface area contributed by atoms with Gasteiger partial charge in [0.2, 0.25) is 0 Å². The van der Waals surface area contributed by atoms with Crippen LogP contribution in [0, 0.1) is 17.0 Å². The molecule has 2 aromatic carbocycles. The highest BCUT2D eigenvalue weighted by Crippen LogP contribution is 2.20. The Bertz CT molecular complexity index is 626. The lowest BCUT2D eigenvalue weighted by Crippen LogP contribution is -2.24. The molecule has 0 fully saturated rings. The summed E-state index contributed by atoms with van der Waals surface area (Å²) in [6.45, 7) is 2.07. The molecule has 0 aromatic heterocycles. The van der Waals surface area contributed by atoms with Crippen molar-refractivity contribution in [3.63, 3.8) is 0 Å². The first-order valence-corrected chi connectivity index (χ1v) is 7.10. The second-order valence-corrected chi connectivity index (χ2v) is 5.32. The number of nitrogens with zero attached hydrogens (tertiary/aromatic N) is 1. The summed E-state index contributed by atoms with van der Waals surface area (Å²) in [6, 6.07) is 15.1. The lowest BCUT2D eigenvalue weighted by molar-refractivity contribution is -0.385. The topological polar surface area (TPSA) is 69.2 Å². The number of rotatable bonds is 6. The van der Waals surface area contributed by atoms with Crippen molar-refractivity contribution < 1.29 is 4.92 Å². The Hall–Kier alpha value is -2.20. The Morgan fingerprint density at radius 1 is 1.10 bits per heavy atom. The molecule has 21 heavy (non-hydrogen) atoms. The van der Waals surface area contributed by atoms with Gasteiger partial charge in [-0.3, -0.25) is 10.1 Å². The summed E-state index contributed by atoms with van der Waals surface area (Å²) in [4.78, 5) is 10.6. The summed E-state index contributed by atoms with van der Waals surface area (Å²) in [5, 5.41) is 11.0. The minimum absolute atomic E-state index is 0.00547. The fraction of sp³-hybridized carbons (Fsp3) is 0.294. The molecule has 0 radical (unpaired) electrons. The van der Waals surface area contributed by atoms with Gasteiger partial charge in [-0.15, -0.1) is 0 Å². The number of hydrogen-bond donors (Lipinski definition) is 1. The summed E-state index contributed by atoms with van der Waals surface area (Å²) < 4.78 is 0. The van der Waals surface area contributed by atoms with E-state index in [4.69, 9.17) is 5.73 Å². The third-order valence-corrected chi connectivity index (χ3v) is 3.72. The van der Waals surface area contributed by atoms with Gasteiger partial charge in [0, 0.05) is 17.7 Å². The van der Waals surface area contributed by atoms with Crippen LogP contribution in [0.25, 0.3) is 0 Å². The molecule has 0 saturated carbocycles. The molecule has 0 heterocycles. The van der Waals surface area contributed by atoms with Crippen LogP contribution < -0.4 is 5.73 Å². The van der Waals surface area contributed by atoms with Gasteiger partial charge in [-0.1, -0.05) is 42.5 Å². The molecule has 2 aromatic rings. The molecule has 2 rings (SSSR count). The first-order valence-electron chi connectivity index (χ1n) is 7.10. The maximum atomic E-state index is 11.0. The summed E-state index contributed by atoms with van der Waals surface area (Å²) in [7, 11) is 0. The van der Waals surface area contributed by atoms with Gasteiger partial charge in [0.1, 0.15) is 0 Å². The number of nitro benzene ring substituents is 1. The minimum atomic E-state index is -0.331. The van der Waals surface area contributed by atoms with Crippen molar-refractivity contribution in [2.75, 3.05) is 0 Å². The third kappa shape index (κ3) is 4.13. The summed E-state index contributed by atoms with van der Waals surface area (Å²) in [6.07, 6.45) is 2.16. The van der Waals surface area contributed by atoms with Gasteiger partial charge in [0.25, 0.3) is 5.69 Å². The smallest absolute Gasteiger partial charge is 0.272 e. The molecule has 2 N–H and O–H groups in total. The molecule has 0 bridgehead atoms. The Labute approximate surface area is 124 Å². The normalized spacial score (nSPS) is 12.1. The summed E-state index contributed by atoms with van der Waals surface area (Å²) >= 11 is 0. The highest BCUT2D eigenvalue weighted by molar-refractivity contribution is 5.39. The molecular weight excluding hydrogens is 264 g/mol. The Balaban J connectivity index is 1.97. The molecule has 4 heteroatoms. The molecule has 0 spiro atoms. The van der Waals surface area contributed by atoms with Crippen LogP contribution in [0.3, 0.4) is 0 Å². The van der Waals surface area contributed by atoms with Crippen LogP contribution in [0.1, 0.15) is 23.1 Å². The van der Waals surface area contributed by atoms with E-state index in [2.05, 4.69) is 19.1 Å². The number of nitro groups is 1. The van der Waals surface area contributed by atoms with Crippen molar-refractivity contribution in [3.05, 3.63) is 75.3 Å². The largest absolute Gasteiger partial charge is 0.327 e. The molecule has 0 saturated heterocycles.